The molecule has 2 atom stereocenters. The van der Waals surface area contributed by atoms with Gasteiger partial charge in [0.05, 0.1) is 12.1 Å². The molecule has 2 unspecified atom stereocenters. The normalized spacial score (nSPS) is 30.1. The van der Waals surface area contributed by atoms with Crippen LogP contribution in [0.5, 0.6) is 0 Å². The van der Waals surface area contributed by atoms with Gasteiger partial charge in [-0.3, -0.25) is 0 Å². The van der Waals surface area contributed by atoms with E-state index in [9.17, 15) is 4.79 Å². The van der Waals surface area contributed by atoms with Gasteiger partial charge in [-0.15, -0.1) is 0 Å². The first kappa shape index (κ1) is 7.97. The van der Waals surface area contributed by atoms with Crippen LogP contribution in [0.2, 0.25) is 0 Å². The van der Waals surface area contributed by atoms with Gasteiger partial charge in [0.1, 0.15) is 0 Å². The summed E-state index contributed by atoms with van der Waals surface area (Å²) in [5.74, 6) is 0.103. The number of isocyanates is 1. The van der Waals surface area contributed by atoms with Crippen LogP contribution in [0.15, 0.2) is 4.99 Å². The van der Waals surface area contributed by atoms with Crippen molar-refractivity contribution in [3.05, 3.63) is 0 Å². The zero-order chi connectivity index (χ0) is 8.10. The summed E-state index contributed by atoms with van der Waals surface area (Å²) in [4.78, 5) is 13.5. The first-order valence-electron chi connectivity index (χ1n) is 3.83. The van der Waals surface area contributed by atoms with Gasteiger partial charge in [-0.2, -0.15) is 5.26 Å². The smallest absolute Gasteiger partial charge is 0.211 e. The standard InChI is InChI=1S/C8H10N2O/c9-5-7-2-1-3-8(4-7)10-6-11/h7-8H,1-4H2. The Kier molecular flexibility index (Phi) is 2.83. The van der Waals surface area contributed by atoms with Gasteiger partial charge < -0.3 is 0 Å². The highest BCUT2D eigenvalue weighted by Crippen LogP contribution is 2.25. The molecule has 3 heteroatoms. The Morgan fingerprint density at radius 2 is 2.27 bits per heavy atom. The summed E-state index contributed by atoms with van der Waals surface area (Å²) in [7, 11) is 0. The van der Waals surface area contributed by atoms with Crippen molar-refractivity contribution >= 4 is 6.08 Å². The third-order valence-electron chi connectivity index (χ3n) is 2.06. The van der Waals surface area contributed by atoms with Crippen molar-refractivity contribution in [2.75, 3.05) is 0 Å². The topological polar surface area (TPSA) is 53.2 Å². The number of nitriles is 1. The second-order valence-corrected chi connectivity index (χ2v) is 2.87. The van der Waals surface area contributed by atoms with E-state index in [1.165, 1.54) is 0 Å². The SMILES string of the molecule is N#CC1CCCC(N=C=O)C1. The lowest BCUT2D eigenvalue weighted by Crippen LogP contribution is -2.16. The minimum atomic E-state index is 0.0610. The summed E-state index contributed by atoms with van der Waals surface area (Å²) >= 11 is 0. The highest BCUT2D eigenvalue weighted by molar-refractivity contribution is 5.33. The molecule has 58 valence electrons. The summed E-state index contributed by atoms with van der Waals surface area (Å²) in [5, 5.41) is 8.59. The number of aliphatic imine (C=N–C) groups is 1. The molecule has 1 rings (SSSR count). The lowest BCUT2D eigenvalue weighted by atomic mass is 9.87. The summed E-state index contributed by atoms with van der Waals surface area (Å²) in [5.41, 5.74) is 0. The molecular weight excluding hydrogens is 140 g/mol. The highest BCUT2D eigenvalue weighted by atomic mass is 16.1. The molecule has 0 bridgehead atoms. The van der Waals surface area contributed by atoms with Crippen molar-refractivity contribution < 1.29 is 4.79 Å². The maximum atomic E-state index is 9.89. The van der Waals surface area contributed by atoms with E-state index < -0.39 is 0 Å². The molecule has 0 aliphatic heterocycles. The van der Waals surface area contributed by atoms with Crippen molar-refractivity contribution in [2.24, 2.45) is 10.9 Å². The third-order valence-corrected chi connectivity index (χ3v) is 2.06. The zero-order valence-corrected chi connectivity index (χ0v) is 6.29. The van der Waals surface area contributed by atoms with Crippen molar-refractivity contribution in [3.63, 3.8) is 0 Å². The molecule has 0 heterocycles. The number of carbonyl (C=O) groups excluding carboxylic acids is 1. The fourth-order valence-electron chi connectivity index (χ4n) is 1.47. The average molecular weight is 150 g/mol. The number of nitrogens with zero attached hydrogens (tertiary/aromatic N) is 2. The molecule has 0 aromatic carbocycles. The molecule has 1 fully saturated rings. The molecule has 1 aliphatic carbocycles. The van der Waals surface area contributed by atoms with Crippen molar-refractivity contribution in [1.82, 2.24) is 0 Å². The Balaban J connectivity index is 2.47. The van der Waals surface area contributed by atoms with Crippen LogP contribution in [-0.4, -0.2) is 12.1 Å². The van der Waals surface area contributed by atoms with Gasteiger partial charge >= 0.3 is 0 Å². The second kappa shape index (κ2) is 3.90. The molecule has 1 aliphatic rings. The van der Waals surface area contributed by atoms with E-state index in [0.29, 0.717) is 0 Å². The minimum Gasteiger partial charge on any atom is -0.211 e. The fourth-order valence-corrected chi connectivity index (χ4v) is 1.47. The third kappa shape index (κ3) is 2.18. The maximum absolute atomic E-state index is 9.89. The van der Waals surface area contributed by atoms with E-state index in [1.54, 1.807) is 6.08 Å². The molecule has 0 spiro atoms. The zero-order valence-electron chi connectivity index (χ0n) is 6.29. The number of hydrogen-bond acceptors (Lipinski definition) is 3. The molecule has 0 amide bonds. The largest absolute Gasteiger partial charge is 0.235 e. The maximum Gasteiger partial charge on any atom is 0.235 e. The molecule has 0 aromatic rings. The lowest BCUT2D eigenvalue weighted by molar-refractivity contribution is 0.379. The quantitative estimate of drug-likeness (QED) is 0.419. The van der Waals surface area contributed by atoms with Gasteiger partial charge in [-0.1, -0.05) is 0 Å². The van der Waals surface area contributed by atoms with Gasteiger partial charge in [-0.25, -0.2) is 9.79 Å². The monoisotopic (exact) mass is 150 g/mol. The Morgan fingerprint density at radius 1 is 1.45 bits per heavy atom. The highest BCUT2D eigenvalue weighted by Gasteiger charge is 2.20. The van der Waals surface area contributed by atoms with Gasteiger partial charge in [-0.05, 0) is 25.7 Å². The molecule has 3 nitrogen and oxygen atoms in total. The van der Waals surface area contributed by atoms with Crippen LogP contribution in [0.4, 0.5) is 0 Å². The summed E-state index contributed by atoms with van der Waals surface area (Å²) in [6, 6.07) is 2.26. The summed E-state index contributed by atoms with van der Waals surface area (Å²) < 4.78 is 0. The van der Waals surface area contributed by atoms with E-state index in [1.807, 2.05) is 0 Å². The molecular formula is C8H10N2O. The van der Waals surface area contributed by atoms with Crippen LogP contribution in [0, 0.1) is 17.2 Å². The predicted molar refractivity (Wildman–Crippen MR) is 39.5 cm³/mol. The van der Waals surface area contributed by atoms with Crippen LogP contribution in [0.1, 0.15) is 25.7 Å². The van der Waals surface area contributed by atoms with Crippen LogP contribution < -0.4 is 0 Å². The molecule has 1 saturated carbocycles. The van der Waals surface area contributed by atoms with Gasteiger partial charge in [0.15, 0.2) is 0 Å². The first-order valence-corrected chi connectivity index (χ1v) is 3.83. The van der Waals surface area contributed by atoms with E-state index in [2.05, 4.69) is 11.1 Å². The van der Waals surface area contributed by atoms with Gasteiger partial charge in [0, 0.05) is 5.92 Å². The Bertz CT molecular complexity index is 213. The van der Waals surface area contributed by atoms with Crippen LogP contribution in [0.25, 0.3) is 0 Å². The van der Waals surface area contributed by atoms with Crippen molar-refractivity contribution in [3.8, 4) is 6.07 Å². The van der Waals surface area contributed by atoms with Gasteiger partial charge in [0.25, 0.3) is 0 Å². The van der Waals surface area contributed by atoms with Crippen LogP contribution >= 0.6 is 0 Å². The molecule has 0 aromatic heterocycles. The van der Waals surface area contributed by atoms with E-state index >= 15 is 0 Å². The van der Waals surface area contributed by atoms with E-state index in [0.717, 1.165) is 25.7 Å². The van der Waals surface area contributed by atoms with E-state index in [-0.39, 0.29) is 12.0 Å². The van der Waals surface area contributed by atoms with Gasteiger partial charge in [0.2, 0.25) is 6.08 Å². The Labute approximate surface area is 65.7 Å². The summed E-state index contributed by atoms with van der Waals surface area (Å²) in [6.45, 7) is 0. The van der Waals surface area contributed by atoms with Crippen LogP contribution in [-0.2, 0) is 4.79 Å². The molecule has 0 saturated heterocycles. The molecule has 11 heavy (non-hydrogen) atoms. The van der Waals surface area contributed by atoms with Crippen molar-refractivity contribution in [2.45, 2.75) is 31.7 Å². The average Bonchev–Trinajstić information content (AvgIpc) is 2.06. The number of rotatable bonds is 1. The van der Waals surface area contributed by atoms with E-state index in [4.69, 9.17) is 5.26 Å². The lowest BCUT2D eigenvalue weighted by Gasteiger charge is -2.19. The minimum absolute atomic E-state index is 0.0610. The first-order chi connectivity index (χ1) is 5.36. The molecule has 0 N–H and O–H groups in total. The second-order valence-electron chi connectivity index (χ2n) is 2.87. The molecule has 0 radical (unpaired) electrons. The van der Waals surface area contributed by atoms with Crippen molar-refractivity contribution in [1.29, 1.82) is 5.26 Å². The Hall–Kier alpha value is -1.13. The number of hydrogen-bond donors (Lipinski definition) is 0. The predicted octanol–water partition coefficient (Wildman–Crippen LogP) is 1.40. The fraction of sp³-hybridized carbons (Fsp3) is 0.750. The Morgan fingerprint density at radius 3 is 2.91 bits per heavy atom. The van der Waals surface area contributed by atoms with Crippen LogP contribution in [0.3, 0.4) is 0 Å². The summed E-state index contributed by atoms with van der Waals surface area (Å²) in [6.07, 6.45) is 5.20.